The predicted molar refractivity (Wildman–Crippen MR) is 92.5 cm³/mol. The molecule has 0 aromatic heterocycles. The first-order valence-electron chi connectivity index (χ1n) is 7.35. The van der Waals surface area contributed by atoms with E-state index in [1.54, 1.807) is 4.90 Å². The molecule has 0 bridgehead atoms. The lowest BCUT2D eigenvalue weighted by Crippen LogP contribution is -2.48. The first kappa shape index (κ1) is 16.4. The van der Waals surface area contributed by atoms with E-state index in [1.165, 1.54) is 0 Å². The molecule has 2 amide bonds. The summed E-state index contributed by atoms with van der Waals surface area (Å²) in [5, 5.41) is 3.77. The summed E-state index contributed by atoms with van der Waals surface area (Å²) in [6, 6.07) is 17.1. The van der Waals surface area contributed by atoms with Gasteiger partial charge in [0.2, 0.25) is 0 Å². The van der Waals surface area contributed by atoms with Gasteiger partial charge in [-0.3, -0.25) is 4.90 Å². The Morgan fingerprint density at radius 3 is 2.23 bits per heavy atom. The molecule has 0 aliphatic heterocycles. The van der Waals surface area contributed by atoms with E-state index in [2.05, 4.69) is 5.32 Å². The van der Waals surface area contributed by atoms with Gasteiger partial charge in [-0.05, 0) is 50.6 Å². The second-order valence-electron chi connectivity index (χ2n) is 5.64. The molecule has 1 N–H and O–H groups in total. The Morgan fingerprint density at radius 2 is 1.68 bits per heavy atom. The normalized spacial score (nSPS) is 11.1. The first-order valence-corrected chi connectivity index (χ1v) is 7.72. The molecule has 0 radical (unpaired) electrons. The molecule has 22 heavy (non-hydrogen) atoms. The molecule has 3 nitrogen and oxygen atoms in total. The van der Waals surface area contributed by atoms with Crippen LogP contribution in [0.4, 0.5) is 10.5 Å². The van der Waals surface area contributed by atoms with Crippen LogP contribution in [0, 0.1) is 0 Å². The Balaban J connectivity index is 2.17. The lowest BCUT2D eigenvalue weighted by atomic mass is 9.94. The summed E-state index contributed by atoms with van der Waals surface area (Å²) in [5.74, 6) is 0. The molecule has 0 aliphatic rings. The molecular weight excluding hydrogens is 296 g/mol. The number of hydrogen-bond acceptors (Lipinski definition) is 1. The number of halogens is 1. The lowest BCUT2D eigenvalue weighted by Gasteiger charge is -2.31. The van der Waals surface area contributed by atoms with Crippen LogP contribution in [0.2, 0.25) is 5.02 Å². The highest BCUT2D eigenvalue weighted by atomic mass is 35.5. The second-order valence-corrected chi connectivity index (χ2v) is 6.08. The maximum atomic E-state index is 12.6. The van der Waals surface area contributed by atoms with E-state index in [1.807, 2.05) is 75.4 Å². The number of benzene rings is 2. The molecule has 4 heteroatoms. The van der Waals surface area contributed by atoms with Crippen LogP contribution in [-0.4, -0.2) is 12.6 Å². The fourth-order valence-corrected chi connectivity index (χ4v) is 2.45. The summed E-state index contributed by atoms with van der Waals surface area (Å²) in [5.41, 5.74) is 1.41. The molecule has 0 heterocycles. The van der Waals surface area contributed by atoms with Crippen molar-refractivity contribution in [2.75, 3.05) is 11.4 Å². The van der Waals surface area contributed by atoms with Crippen molar-refractivity contribution in [3.8, 4) is 0 Å². The van der Waals surface area contributed by atoms with Gasteiger partial charge in [-0.15, -0.1) is 0 Å². The van der Waals surface area contributed by atoms with Crippen molar-refractivity contribution in [1.82, 2.24) is 5.32 Å². The minimum Gasteiger partial charge on any atom is -0.329 e. The molecule has 2 aromatic rings. The van der Waals surface area contributed by atoms with E-state index in [9.17, 15) is 4.79 Å². The van der Waals surface area contributed by atoms with Crippen molar-refractivity contribution in [3.05, 3.63) is 65.2 Å². The van der Waals surface area contributed by atoms with E-state index in [-0.39, 0.29) is 6.03 Å². The third kappa shape index (κ3) is 3.80. The fraction of sp³-hybridized carbons (Fsp3) is 0.278. The third-order valence-corrected chi connectivity index (χ3v) is 3.87. The summed E-state index contributed by atoms with van der Waals surface area (Å²) in [7, 11) is 0. The van der Waals surface area contributed by atoms with Crippen molar-refractivity contribution in [1.29, 1.82) is 0 Å². The van der Waals surface area contributed by atoms with Crippen LogP contribution in [0.1, 0.15) is 26.3 Å². The van der Waals surface area contributed by atoms with Crippen LogP contribution in [-0.2, 0) is 5.54 Å². The van der Waals surface area contributed by atoms with E-state index in [0.717, 1.165) is 11.3 Å². The number of carbonyl (C=O) groups is 1. The summed E-state index contributed by atoms with van der Waals surface area (Å²) >= 11 is 5.92. The SMILES string of the molecule is CCN(C(=O)NC(C)(C)c1ccc(Cl)cc1)c1ccccc1. The molecule has 116 valence electrons. The van der Waals surface area contributed by atoms with Crippen LogP contribution in [0.3, 0.4) is 0 Å². The van der Waals surface area contributed by atoms with Crippen molar-refractivity contribution >= 4 is 23.3 Å². The Kier molecular flexibility index (Phi) is 5.09. The minimum absolute atomic E-state index is 0.117. The van der Waals surface area contributed by atoms with Gasteiger partial charge in [0, 0.05) is 17.3 Å². The topological polar surface area (TPSA) is 32.3 Å². The Bertz CT molecular complexity index is 623. The minimum atomic E-state index is -0.482. The molecule has 0 atom stereocenters. The fourth-order valence-electron chi connectivity index (χ4n) is 2.32. The number of urea groups is 1. The molecular formula is C18H21ClN2O. The molecule has 0 saturated carbocycles. The molecule has 0 spiro atoms. The molecule has 0 fully saturated rings. The van der Waals surface area contributed by atoms with E-state index in [0.29, 0.717) is 11.6 Å². The maximum absolute atomic E-state index is 12.6. The zero-order valence-corrected chi connectivity index (χ0v) is 13.9. The summed E-state index contributed by atoms with van der Waals surface area (Å²) in [4.78, 5) is 14.3. The second kappa shape index (κ2) is 6.84. The van der Waals surface area contributed by atoms with Crippen LogP contribution >= 0.6 is 11.6 Å². The molecule has 0 aliphatic carbocycles. The quantitative estimate of drug-likeness (QED) is 0.862. The summed E-state index contributed by atoms with van der Waals surface area (Å²) in [6.45, 7) is 6.52. The number of anilines is 1. The number of nitrogens with one attached hydrogen (secondary N) is 1. The van der Waals surface area contributed by atoms with Gasteiger partial charge in [-0.1, -0.05) is 41.9 Å². The lowest BCUT2D eigenvalue weighted by molar-refractivity contribution is 0.236. The van der Waals surface area contributed by atoms with Gasteiger partial charge in [0.1, 0.15) is 0 Å². The van der Waals surface area contributed by atoms with Gasteiger partial charge >= 0.3 is 6.03 Å². The van der Waals surface area contributed by atoms with Crippen LogP contribution in [0.5, 0.6) is 0 Å². The van der Waals surface area contributed by atoms with Gasteiger partial charge in [-0.2, -0.15) is 0 Å². The van der Waals surface area contributed by atoms with Crippen molar-refractivity contribution in [2.24, 2.45) is 0 Å². The van der Waals surface area contributed by atoms with Gasteiger partial charge in [-0.25, -0.2) is 4.79 Å². The Morgan fingerprint density at radius 1 is 1.09 bits per heavy atom. The average Bonchev–Trinajstić information content (AvgIpc) is 2.49. The van der Waals surface area contributed by atoms with Crippen molar-refractivity contribution in [2.45, 2.75) is 26.3 Å². The van der Waals surface area contributed by atoms with Crippen molar-refractivity contribution < 1.29 is 4.79 Å². The molecule has 0 unspecified atom stereocenters. The standard InChI is InChI=1S/C18H21ClN2O/c1-4-21(16-8-6-5-7-9-16)17(22)20-18(2,3)14-10-12-15(19)13-11-14/h5-13H,4H2,1-3H3,(H,20,22). The molecule has 0 saturated heterocycles. The number of hydrogen-bond donors (Lipinski definition) is 1. The smallest absolute Gasteiger partial charge is 0.322 e. The number of carbonyl (C=O) groups excluding carboxylic acids is 1. The highest BCUT2D eigenvalue weighted by Crippen LogP contribution is 2.23. The van der Waals surface area contributed by atoms with Crippen molar-refractivity contribution in [3.63, 3.8) is 0 Å². The number of para-hydroxylation sites is 1. The maximum Gasteiger partial charge on any atom is 0.322 e. The Labute approximate surface area is 136 Å². The number of amides is 2. The van der Waals surface area contributed by atoms with Gasteiger partial charge in [0.15, 0.2) is 0 Å². The highest BCUT2D eigenvalue weighted by molar-refractivity contribution is 6.30. The molecule has 2 aromatic carbocycles. The zero-order valence-electron chi connectivity index (χ0n) is 13.1. The van der Waals surface area contributed by atoms with Crippen LogP contribution in [0.15, 0.2) is 54.6 Å². The molecule has 2 rings (SSSR count). The van der Waals surface area contributed by atoms with Gasteiger partial charge < -0.3 is 5.32 Å². The Hall–Kier alpha value is -2.00. The highest BCUT2D eigenvalue weighted by Gasteiger charge is 2.25. The number of nitrogens with zero attached hydrogens (tertiary/aromatic N) is 1. The number of rotatable bonds is 4. The van der Waals surface area contributed by atoms with Crippen LogP contribution < -0.4 is 10.2 Å². The average molecular weight is 317 g/mol. The van der Waals surface area contributed by atoms with Crippen LogP contribution in [0.25, 0.3) is 0 Å². The van der Waals surface area contributed by atoms with E-state index < -0.39 is 5.54 Å². The monoisotopic (exact) mass is 316 g/mol. The van der Waals surface area contributed by atoms with Gasteiger partial charge in [0.25, 0.3) is 0 Å². The third-order valence-electron chi connectivity index (χ3n) is 3.61. The van der Waals surface area contributed by atoms with Gasteiger partial charge in [0.05, 0.1) is 5.54 Å². The first-order chi connectivity index (χ1) is 10.4. The summed E-state index contributed by atoms with van der Waals surface area (Å²) in [6.07, 6.45) is 0. The van der Waals surface area contributed by atoms with E-state index >= 15 is 0 Å². The largest absolute Gasteiger partial charge is 0.329 e. The summed E-state index contributed by atoms with van der Waals surface area (Å²) < 4.78 is 0. The predicted octanol–water partition coefficient (Wildman–Crippen LogP) is 4.81. The zero-order chi connectivity index (χ0) is 16.2. The van der Waals surface area contributed by atoms with E-state index in [4.69, 9.17) is 11.6 Å².